The molecule has 0 aromatic carbocycles. The quantitative estimate of drug-likeness (QED) is 0.908. The zero-order valence-corrected chi connectivity index (χ0v) is 13.6. The van der Waals surface area contributed by atoms with Gasteiger partial charge in [-0.05, 0) is 39.8 Å². The number of hydrogen-bond donors (Lipinski definition) is 1. The number of thiophene rings is 1. The van der Waals surface area contributed by atoms with Gasteiger partial charge in [0, 0.05) is 23.0 Å². The Morgan fingerprint density at radius 2 is 2.25 bits per heavy atom. The third kappa shape index (κ3) is 2.99. The Bertz CT molecular complexity index is 484. The molecule has 112 valence electrons. The predicted molar refractivity (Wildman–Crippen MR) is 82.9 cm³/mol. The monoisotopic (exact) mass is 296 g/mol. The number of amides is 1. The van der Waals surface area contributed by atoms with Crippen LogP contribution in [0.1, 0.15) is 39.9 Å². The lowest BCUT2D eigenvalue weighted by atomic mass is 10.2. The zero-order valence-electron chi connectivity index (χ0n) is 12.8. The molecular weight excluding hydrogens is 272 g/mol. The first-order chi connectivity index (χ1) is 9.58. The molecule has 1 aromatic rings. The van der Waals surface area contributed by atoms with Crippen molar-refractivity contribution in [2.75, 3.05) is 26.7 Å². The van der Waals surface area contributed by atoms with Crippen molar-refractivity contribution in [3.63, 3.8) is 0 Å². The molecule has 0 bridgehead atoms. The van der Waals surface area contributed by atoms with E-state index < -0.39 is 0 Å². The van der Waals surface area contributed by atoms with Gasteiger partial charge in [-0.2, -0.15) is 0 Å². The summed E-state index contributed by atoms with van der Waals surface area (Å²) in [6.45, 7) is 9.13. The summed E-state index contributed by atoms with van der Waals surface area (Å²) in [4.78, 5) is 16.6. The van der Waals surface area contributed by atoms with Gasteiger partial charge in [0.05, 0.1) is 7.11 Å². The van der Waals surface area contributed by atoms with Gasteiger partial charge in [-0.1, -0.05) is 6.92 Å². The van der Waals surface area contributed by atoms with E-state index in [0.717, 1.165) is 35.8 Å². The van der Waals surface area contributed by atoms with Crippen LogP contribution < -0.4 is 10.1 Å². The van der Waals surface area contributed by atoms with Crippen LogP contribution in [-0.2, 0) is 0 Å². The van der Waals surface area contributed by atoms with Crippen LogP contribution in [0.15, 0.2) is 0 Å². The minimum Gasteiger partial charge on any atom is -0.495 e. The first-order valence-electron chi connectivity index (χ1n) is 7.24. The molecule has 4 nitrogen and oxygen atoms in total. The highest BCUT2D eigenvalue weighted by molar-refractivity contribution is 7.14. The number of carbonyl (C=O) groups excluding carboxylic acids is 1. The highest BCUT2D eigenvalue weighted by atomic mass is 32.1. The SMILES string of the molecule is CCN1CCCC1CNC(=O)c1sc(C)c(C)c1OC. The highest BCUT2D eigenvalue weighted by Gasteiger charge is 2.25. The topological polar surface area (TPSA) is 41.6 Å². The third-order valence-corrected chi connectivity index (χ3v) is 5.33. The van der Waals surface area contributed by atoms with Crippen LogP contribution in [0, 0.1) is 13.8 Å². The molecule has 0 saturated carbocycles. The summed E-state index contributed by atoms with van der Waals surface area (Å²) in [6, 6.07) is 0.483. The molecule has 1 N–H and O–H groups in total. The first kappa shape index (κ1) is 15.3. The van der Waals surface area contributed by atoms with Crippen molar-refractivity contribution in [3.05, 3.63) is 15.3 Å². The first-order valence-corrected chi connectivity index (χ1v) is 8.06. The molecule has 0 spiro atoms. The van der Waals surface area contributed by atoms with Gasteiger partial charge in [0.2, 0.25) is 0 Å². The highest BCUT2D eigenvalue weighted by Crippen LogP contribution is 2.34. The van der Waals surface area contributed by atoms with Gasteiger partial charge in [-0.3, -0.25) is 9.69 Å². The number of likely N-dealkylation sites (tertiary alicyclic amines) is 1. The van der Waals surface area contributed by atoms with E-state index in [4.69, 9.17) is 4.74 Å². The van der Waals surface area contributed by atoms with E-state index in [-0.39, 0.29) is 5.91 Å². The molecule has 1 fully saturated rings. The van der Waals surface area contributed by atoms with Crippen LogP contribution in [0.4, 0.5) is 0 Å². The van der Waals surface area contributed by atoms with Crippen LogP contribution in [0.25, 0.3) is 0 Å². The number of likely N-dealkylation sites (N-methyl/N-ethyl adjacent to an activating group) is 1. The Morgan fingerprint density at radius 1 is 1.50 bits per heavy atom. The summed E-state index contributed by atoms with van der Waals surface area (Å²) in [6.07, 6.45) is 2.41. The number of nitrogens with one attached hydrogen (secondary N) is 1. The summed E-state index contributed by atoms with van der Waals surface area (Å²) in [5.41, 5.74) is 1.07. The van der Waals surface area contributed by atoms with Crippen LogP contribution in [-0.4, -0.2) is 43.6 Å². The van der Waals surface area contributed by atoms with E-state index in [2.05, 4.69) is 17.1 Å². The molecule has 1 saturated heterocycles. The Hall–Kier alpha value is -1.07. The number of rotatable bonds is 5. The van der Waals surface area contributed by atoms with Gasteiger partial charge >= 0.3 is 0 Å². The van der Waals surface area contributed by atoms with E-state index in [1.807, 2.05) is 13.8 Å². The number of aryl methyl sites for hydroxylation is 1. The molecule has 1 aliphatic heterocycles. The summed E-state index contributed by atoms with van der Waals surface area (Å²) < 4.78 is 5.37. The number of methoxy groups -OCH3 is 1. The van der Waals surface area contributed by atoms with Gasteiger partial charge in [-0.15, -0.1) is 11.3 Å². The van der Waals surface area contributed by atoms with Crippen LogP contribution in [0.2, 0.25) is 0 Å². The fourth-order valence-electron chi connectivity index (χ4n) is 2.83. The molecular formula is C15H24N2O2S. The molecule has 0 aliphatic carbocycles. The van der Waals surface area contributed by atoms with Crippen LogP contribution >= 0.6 is 11.3 Å². The van der Waals surface area contributed by atoms with E-state index >= 15 is 0 Å². The fourth-order valence-corrected chi connectivity index (χ4v) is 3.88. The van der Waals surface area contributed by atoms with Crippen molar-refractivity contribution in [2.24, 2.45) is 0 Å². The number of ether oxygens (including phenoxy) is 1. The molecule has 20 heavy (non-hydrogen) atoms. The molecule has 5 heteroatoms. The van der Waals surface area contributed by atoms with Gasteiger partial charge in [0.1, 0.15) is 10.6 Å². The average Bonchev–Trinajstić information content (AvgIpc) is 3.01. The van der Waals surface area contributed by atoms with Crippen molar-refractivity contribution in [3.8, 4) is 5.75 Å². The van der Waals surface area contributed by atoms with Gasteiger partial charge < -0.3 is 10.1 Å². The van der Waals surface area contributed by atoms with E-state index in [0.29, 0.717) is 10.9 Å². The maximum Gasteiger partial charge on any atom is 0.265 e. The Kier molecular flexibility index (Phi) is 5.05. The Labute approximate surface area is 125 Å². The molecule has 1 amide bonds. The van der Waals surface area contributed by atoms with Crippen molar-refractivity contribution in [2.45, 2.75) is 39.7 Å². The maximum absolute atomic E-state index is 12.3. The van der Waals surface area contributed by atoms with Crippen molar-refractivity contribution < 1.29 is 9.53 Å². The van der Waals surface area contributed by atoms with Crippen molar-refractivity contribution >= 4 is 17.2 Å². The third-order valence-electron chi connectivity index (χ3n) is 4.14. The van der Waals surface area contributed by atoms with Gasteiger partial charge in [0.25, 0.3) is 5.91 Å². The molecule has 2 heterocycles. The van der Waals surface area contributed by atoms with Gasteiger partial charge in [-0.25, -0.2) is 0 Å². The lowest BCUT2D eigenvalue weighted by Crippen LogP contribution is -2.39. The maximum atomic E-state index is 12.3. The fraction of sp³-hybridized carbons (Fsp3) is 0.667. The van der Waals surface area contributed by atoms with Gasteiger partial charge in [0.15, 0.2) is 0 Å². The number of carbonyl (C=O) groups is 1. The summed E-state index contributed by atoms with van der Waals surface area (Å²) in [5, 5.41) is 3.07. The zero-order chi connectivity index (χ0) is 14.7. The Balaban J connectivity index is 2.00. The second kappa shape index (κ2) is 6.59. The van der Waals surface area contributed by atoms with Crippen LogP contribution in [0.5, 0.6) is 5.75 Å². The summed E-state index contributed by atoms with van der Waals surface area (Å²) >= 11 is 1.51. The van der Waals surface area contributed by atoms with Crippen LogP contribution in [0.3, 0.4) is 0 Å². The predicted octanol–water partition coefficient (Wildman–Crippen LogP) is 2.59. The smallest absolute Gasteiger partial charge is 0.265 e. The standard InChI is InChI=1S/C15H24N2O2S/c1-5-17-8-6-7-12(17)9-16-15(18)14-13(19-4)10(2)11(3)20-14/h12H,5-9H2,1-4H3,(H,16,18). The lowest BCUT2D eigenvalue weighted by molar-refractivity contribution is 0.0942. The molecule has 1 aromatic heterocycles. The second-order valence-corrected chi connectivity index (χ2v) is 6.51. The second-order valence-electron chi connectivity index (χ2n) is 5.28. The number of hydrogen-bond acceptors (Lipinski definition) is 4. The van der Waals surface area contributed by atoms with E-state index in [1.165, 1.54) is 24.2 Å². The van der Waals surface area contributed by atoms with Crippen molar-refractivity contribution in [1.82, 2.24) is 10.2 Å². The summed E-state index contributed by atoms with van der Waals surface area (Å²) in [7, 11) is 1.63. The lowest BCUT2D eigenvalue weighted by Gasteiger charge is -2.22. The molecule has 0 radical (unpaired) electrons. The molecule has 1 unspecified atom stereocenters. The largest absolute Gasteiger partial charge is 0.495 e. The average molecular weight is 296 g/mol. The molecule has 1 aliphatic rings. The molecule has 1 atom stereocenters. The Morgan fingerprint density at radius 3 is 2.90 bits per heavy atom. The summed E-state index contributed by atoms with van der Waals surface area (Å²) in [5.74, 6) is 0.717. The normalized spacial score (nSPS) is 19.3. The van der Waals surface area contributed by atoms with Crippen molar-refractivity contribution in [1.29, 1.82) is 0 Å². The molecule has 2 rings (SSSR count). The van der Waals surface area contributed by atoms with E-state index in [1.54, 1.807) is 7.11 Å². The minimum atomic E-state index is -0.00833. The number of nitrogens with zero attached hydrogens (tertiary/aromatic N) is 1. The van der Waals surface area contributed by atoms with E-state index in [9.17, 15) is 4.79 Å². The minimum absolute atomic E-state index is 0.00833.